The molecule has 1 aromatic carbocycles. The Morgan fingerprint density at radius 1 is 1.44 bits per heavy atom. The number of carbonyl (C=O) groups is 1. The van der Waals surface area contributed by atoms with Crippen LogP contribution >= 0.6 is 0 Å². The Morgan fingerprint density at radius 2 is 2.28 bits per heavy atom. The Hall–Kier alpha value is -1.55. The predicted octanol–water partition coefficient (Wildman–Crippen LogP) is 1.85. The van der Waals surface area contributed by atoms with Crippen molar-refractivity contribution in [2.75, 3.05) is 26.8 Å². The largest absolute Gasteiger partial charge is 0.492 e. The highest BCUT2D eigenvalue weighted by Crippen LogP contribution is 2.20. The molecular formula is C14H19NO3. The second-order valence-corrected chi connectivity index (χ2v) is 4.51. The standard InChI is InChI=1S/C14H19NO3/c1-17-14(16)12-6-2-3-7-13(12)18-10-11-5-4-8-15-9-11/h2-3,6-7,11,15H,4-5,8-10H2,1H3/t11-/m1/s1. The van der Waals surface area contributed by atoms with E-state index in [1.807, 2.05) is 12.1 Å². The molecule has 4 nitrogen and oxygen atoms in total. The molecule has 1 atom stereocenters. The maximum atomic E-state index is 11.6. The lowest BCUT2D eigenvalue weighted by Crippen LogP contribution is -2.33. The van der Waals surface area contributed by atoms with Crippen molar-refractivity contribution in [2.24, 2.45) is 5.92 Å². The highest BCUT2D eigenvalue weighted by molar-refractivity contribution is 5.92. The molecule has 18 heavy (non-hydrogen) atoms. The lowest BCUT2D eigenvalue weighted by atomic mass is 10.0. The van der Waals surface area contributed by atoms with E-state index in [1.165, 1.54) is 20.0 Å². The van der Waals surface area contributed by atoms with Crippen LogP contribution in [0.1, 0.15) is 23.2 Å². The van der Waals surface area contributed by atoms with Crippen LogP contribution in [-0.4, -0.2) is 32.8 Å². The van der Waals surface area contributed by atoms with Gasteiger partial charge in [0.25, 0.3) is 0 Å². The van der Waals surface area contributed by atoms with Gasteiger partial charge in [-0.25, -0.2) is 4.79 Å². The van der Waals surface area contributed by atoms with Crippen molar-refractivity contribution in [3.8, 4) is 5.75 Å². The minimum atomic E-state index is -0.354. The van der Waals surface area contributed by atoms with Crippen LogP contribution in [0.3, 0.4) is 0 Å². The Balaban J connectivity index is 1.97. The summed E-state index contributed by atoms with van der Waals surface area (Å²) < 4.78 is 10.5. The van der Waals surface area contributed by atoms with Crippen molar-refractivity contribution >= 4 is 5.97 Å². The number of para-hydroxylation sites is 1. The smallest absolute Gasteiger partial charge is 0.341 e. The number of esters is 1. The van der Waals surface area contributed by atoms with E-state index < -0.39 is 0 Å². The summed E-state index contributed by atoms with van der Waals surface area (Å²) in [6.45, 7) is 2.72. The Morgan fingerprint density at radius 3 is 3.00 bits per heavy atom. The molecule has 4 heteroatoms. The maximum absolute atomic E-state index is 11.6. The fourth-order valence-corrected chi connectivity index (χ4v) is 2.14. The van der Waals surface area contributed by atoms with E-state index in [1.54, 1.807) is 12.1 Å². The molecule has 0 aromatic heterocycles. The molecule has 1 N–H and O–H groups in total. The number of benzene rings is 1. The van der Waals surface area contributed by atoms with Crippen LogP contribution in [0.5, 0.6) is 5.75 Å². The molecule has 1 saturated heterocycles. The summed E-state index contributed by atoms with van der Waals surface area (Å²) in [5.41, 5.74) is 0.490. The molecule has 0 saturated carbocycles. The maximum Gasteiger partial charge on any atom is 0.341 e. The number of methoxy groups -OCH3 is 1. The summed E-state index contributed by atoms with van der Waals surface area (Å²) in [7, 11) is 1.38. The van der Waals surface area contributed by atoms with Crippen LogP contribution in [0, 0.1) is 5.92 Å². The third-order valence-electron chi connectivity index (χ3n) is 3.17. The van der Waals surface area contributed by atoms with Crippen LogP contribution in [0.15, 0.2) is 24.3 Å². The topological polar surface area (TPSA) is 47.6 Å². The fraction of sp³-hybridized carbons (Fsp3) is 0.500. The van der Waals surface area contributed by atoms with Crippen LogP contribution in [-0.2, 0) is 4.74 Å². The van der Waals surface area contributed by atoms with E-state index >= 15 is 0 Å². The molecule has 1 heterocycles. The van der Waals surface area contributed by atoms with E-state index in [4.69, 9.17) is 9.47 Å². The molecule has 0 unspecified atom stereocenters. The van der Waals surface area contributed by atoms with Crippen LogP contribution in [0.4, 0.5) is 0 Å². The molecule has 0 amide bonds. The number of rotatable bonds is 4. The number of hydrogen-bond donors (Lipinski definition) is 1. The van der Waals surface area contributed by atoms with E-state index in [0.29, 0.717) is 23.8 Å². The molecular weight excluding hydrogens is 230 g/mol. The van der Waals surface area contributed by atoms with Crippen LogP contribution in [0.2, 0.25) is 0 Å². The number of hydrogen-bond acceptors (Lipinski definition) is 4. The Bertz CT molecular complexity index is 400. The van der Waals surface area contributed by atoms with E-state index in [0.717, 1.165) is 13.1 Å². The van der Waals surface area contributed by atoms with Crippen LogP contribution in [0.25, 0.3) is 0 Å². The van der Waals surface area contributed by atoms with Gasteiger partial charge in [0, 0.05) is 12.5 Å². The normalized spacial score (nSPS) is 19.3. The van der Waals surface area contributed by atoms with Crippen molar-refractivity contribution in [3.63, 3.8) is 0 Å². The van der Waals surface area contributed by atoms with Crippen molar-refractivity contribution < 1.29 is 14.3 Å². The van der Waals surface area contributed by atoms with Gasteiger partial charge in [-0.05, 0) is 31.5 Å². The summed E-state index contributed by atoms with van der Waals surface area (Å²) in [6, 6.07) is 7.20. The van der Waals surface area contributed by atoms with Gasteiger partial charge in [0.1, 0.15) is 11.3 Å². The fourth-order valence-electron chi connectivity index (χ4n) is 2.14. The van der Waals surface area contributed by atoms with Gasteiger partial charge in [0.2, 0.25) is 0 Å². The third-order valence-corrected chi connectivity index (χ3v) is 3.17. The Labute approximate surface area is 107 Å². The van der Waals surface area contributed by atoms with E-state index in [9.17, 15) is 4.79 Å². The van der Waals surface area contributed by atoms with Gasteiger partial charge in [-0.3, -0.25) is 0 Å². The van der Waals surface area contributed by atoms with E-state index in [-0.39, 0.29) is 5.97 Å². The third kappa shape index (κ3) is 3.23. The summed E-state index contributed by atoms with van der Waals surface area (Å²) in [5, 5.41) is 3.35. The molecule has 98 valence electrons. The van der Waals surface area contributed by atoms with Crippen molar-refractivity contribution in [3.05, 3.63) is 29.8 Å². The highest BCUT2D eigenvalue weighted by atomic mass is 16.5. The number of piperidine rings is 1. The minimum absolute atomic E-state index is 0.354. The first kappa shape index (κ1) is 12.9. The first-order valence-electron chi connectivity index (χ1n) is 6.32. The molecule has 0 bridgehead atoms. The lowest BCUT2D eigenvalue weighted by Gasteiger charge is -2.23. The highest BCUT2D eigenvalue weighted by Gasteiger charge is 2.16. The molecule has 0 radical (unpaired) electrons. The Kier molecular flexibility index (Phi) is 4.59. The second kappa shape index (κ2) is 6.40. The SMILES string of the molecule is COC(=O)c1ccccc1OC[C@@H]1CCCNC1. The summed E-state index contributed by atoms with van der Waals surface area (Å²) in [5.74, 6) is 0.770. The zero-order chi connectivity index (χ0) is 12.8. The first-order valence-corrected chi connectivity index (χ1v) is 6.32. The van der Waals surface area contributed by atoms with Gasteiger partial charge >= 0.3 is 5.97 Å². The summed E-state index contributed by atoms with van der Waals surface area (Å²) >= 11 is 0. The average molecular weight is 249 g/mol. The van der Waals surface area contributed by atoms with Gasteiger partial charge < -0.3 is 14.8 Å². The molecule has 1 aromatic rings. The quantitative estimate of drug-likeness (QED) is 0.827. The molecule has 0 spiro atoms. The molecule has 2 rings (SSSR count). The minimum Gasteiger partial charge on any atom is -0.492 e. The van der Waals surface area contributed by atoms with Gasteiger partial charge in [-0.1, -0.05) is 12.1 Å². The first-order chi connectivity index (χ1) is 8.81. The van der Waals surface area contributed by atoms with Crippen molar-refractivity contribution in [1.29, 1.82) is 0 Å². The number of ether oxygens (including phenoxy) is 2. The molecule has 0 aliphatic carbocycles. The van der Waals surface area contributed by atoms with E-state index in [2.05, 4.69) is 5.32 Å². The second-order valence-electron chi connectivity index (χ2n) is 4.51. The molecule has 1 aliphatic rings. The average Bonchev–Trinajstić information content (AvgIpc) is 2.45. The molecule has 1 fully saturated rings. The monoisotopic (exact) mass is 249 g/mol. The number of carbonyl (C=O) groups excluding carboxylic acids is 1. The lowest BCUT2D eigenvalue weighted by molar-refractivity contribution is 0.0594. The molecule has 1 aliphatic heterocycles. The predicted molar refractivity (Wildman–Crippen MR) is 68.9 cm³/mol. The summed E-state index contributed by atoms with van der Waals surface area (Å²) in [6.07, 6.45) is 2.36. The number of nitrogens with one attached hydrogen (secondary N) is 1. The van der Waals surface area contributed by atoms with Gasteiger partial charge in [0.05, 0.1) is 13.7 Å². The van der Waals surface area contributed by atoms with Crippen molar-refractivity contribution in [1.82, 2.24) is 5.32 Å². The van der Waals surface area contributed by atoms with Gasteiger partial charge in [-0.2, -0.15) is 0 Å². The zero-order valence-corrected chi connectivity index (χ0v) is 10.6. The van der Waals surface area contributed by atoms with Gasteiger partial charge in [0.15, 0.2) is 0 Å². The van der Waals surface area contributed by atoms with Gasteiger partial charge in [-0.15, -0.1) is 0 Å². The van der Waals surface area contributed by atoms with Crippen molar-refractivity contribution in [2.45, 2.75) is 12.8 Å². The summed E-state index contributed by atoms with van der Waals surface area (Å²) in [4.78, 5) is 11.6. The van der Waals surface area contributed by atoms with Crippen LogP contribution < -0.4 is 10.1 Å². The zero-order valence-electron chi connectivity index (χ0n) is 10.6.